The molecule has 1 heterocycles. The third kappa shape index (κ3) is 4.42. The zero-order valence-corrected chi connectivity index (χ0v) is 11.9. The summed E-state index contributed by atoms with van der Waals surface area (Å²) in [5, 5.41) is 2.64. The number of nitrogens with one attached hydrogen (secondary N) is 1. The number of rotatable bonds is 5. The van der Waals surface area contributed by atoms with Gasteiger partial charge in [-0.2, -0.15) is 0 Å². The molecule has 0 saturated heterocycles. The van der Waals surface area contributed by atoms with Gasteiger partial charge in [0.15, 0.2) is 12.4 Å². The first-order valence-corrected chi connectivity index (χ1v) is 6.51. The van der Waals surface area contributed by atoms with Crippen molar-refractivity contribution in [2.24, 2.45) is 0 Å². The zero-order chi connectivity index (χ0) is 15.2. The maximum atomic E-state index is 12.0. The average Bonchev–Trinajstić information content (AvgIpc) is 2.46. The van der Waals surface area contributed by atoms with Gasteiger partial charge in [0.05, 0.1) is 0 Å². The second-order valence-corrected chi connectivity index (χ2v) is 4.64. The van der Waals surface area contributed by atoms with Crippen LogP contribution in [0.15, 0.2) is 42.6 Å². The molecule has 0 bridgehead atoms. The molecule has 1 amide bonds. The molecule has 0 radical (unpaired) electrons. The van der Waals surface area contributed by atoms with Gasteiger partial charge in [-0.3, -0.25) is 9.59 Å². The molecule has 5 heteroatoms. The summed E-state index contributed by atoms with van der Waals surface area (Å²) in [5.74, 6) is 0.124. The zero-order valence-electron chi connectivity index (χ0n) is 11.9. The van der Waals surface area contributed by atoms with Crippen LogP contribution in [0, 0.1) is 6.92 Å². The predicted molar refractivity (Wildman–Crippen MR) is 79.5 cm³/mol. The second-order valence-electron chi connectivity index (χ2n) is 4.64. The molecule has 0 atom stereocenters. The Morgan fingerprint density at radius 1 is 1.14 bits per heavy atom. The Morgan fingerprint density at radius 2 is 1.86 bits per heavy atom. The van der Waals surface area contributed by atoms with E-state index in [1.165, 1.54) is 6.92 Å². The third-order valence-corrected chi connectivity index (χ3v) is 2.76. The van der Waals surface area contributed by atoms with E-state index in [0.717, 1.165) is 5.56 Å². The van der Waals surface area contributed by atoms with Crippen molar-refractivity contribution in [3.63, 3.8) is 0 Å². The molecule has 0 aliphatic carbocycles. The van der Waals surface area contributed by atoms with Gasteiger partial charge in [0.1, 0.15) is 0 Å². The lowest BCUT2D eigenvalue weighted by atomic mass is 10.1. The van der Waals surface area contributed by atoms with Gasteiger partial charge in [-0.1, -0.05) is 6.07 Å². The summed E-state index contributed by atoms with van der Waals surface area (Å²) in [6.45, 7) is 3.29. The SMILES string of the molecule is CC(=O)Nc1ccc(C(=O)COc2ccc(C)cn2)cc1. The number of hydrogen-bond acceptors (Lipinski definition) is 4. The maximum Gasteiger partial charge on any atom is 0.221 e. The summed E-state index contributed by atoms with van der Waals surface area (Å²) in [6, 6.07) is 10.3. The first-order chi connectivity index (χ1) is 10.0. The van der Waals surface area contributed by atoms with Gasteiger partial charge in [0.25, 0.3) is 0 Å². The molecule has 0 spiro atoms. The number of nitrogens with zero attached hydrogens (tertiary/aromatic N) is 1. The molecule has 1 N–H and O–H groups in total. The van der Waals surface area contributed by atoms with E-state index in [1.54, 1.807) is 36.5 Å². The molecule has 0 aliphatic heterocycles. The highest BCUT2D eigenvalue weighted by molar-refractivity contribution is 5.98. The number of benzene rings is 1. The number of ketones is 1. The highest BCUT2D eigenvalue weighted by Gasteiger charge is 2.07. The van der Waals surface area contributed by atoms with Crippen molar-refractivity contribution in [2.75, 3.05) is 11.9 Å². The first-order valence-electron chi connectivity index (χ1n) is 6.51. The fourth-order valence-electron chi connectivity index (χ4n) is 1.71. The number of anilines is 1. The van der Waals surface area contributed by atoms with Crippen LogP contribution in [0.5, 0.6) is 5.88 Å². The Hall–Kier alpha value is -2.69. The number of carbonyl (C=O) groups is 2. The highest BCUT2D eigenvalue weighted by Crippen LogP contribution is 2.11. The van der Waals surface area contributed by atoms with E-state index in [4.69, 9.17) is 4.74 Å². The van der Waals surface area contributed by atoms with Gasteiger partial charge in [0, 0.05) is 30.4 Å². The number of pyridine rings is 1. The molecule has 0 unspecified atom stereocenters. The van der Waals surface area contributed by atoms with E-state index in [9.17, 15) is 9.59 Å². The van der Waals surface area contributed by atoms with E-state index >= 15 is 0 Å². The van der Waals surface area contributed by atoms with Crippen LogP contribution in [0.4, 0.5) is 5.69 Å². The van der Waals surface area contributed by atoms with Crippen molar-refractivity contribution in [2.45, 2.75) is 13.8 Å². The fraction of sp³-hybridized carbons (Fsp3) is 0.188. The van der Waals surface area contributed by atoms with Crippen LogP contribution in [0.1, 0.15) is 22.8 Å². The Labute approximate surface area is 123 Å². The smallest absolute Gasteiger partial charge is 0.221 e. The average molecular weight is 284 g/mol. The van der Waals surface area contributed by atoms with Gasteiger partial charge in [-0.15, -0.1) is 0 Å². The minimum Gasteiger partial charge on any atom is -0.469 e. The minimum absolute atomic E-state index is 0.0739. The molecule has 1 aromatic heterocycles. The normalized spacial score (nSPS) is 10.0. The third-order valence-electron chi connectivity index (χ3n) is 2.76. The van der Waals surface area contributed by atoms with Gasteiger partial charge < -0.3 is 10.1 Å². The number of aryl methyl sites for hydroxylation is 1. The van der Waals surface area contributed by atoms with Crippen LogP contribution < -0.4 is 10.1 Å². The molecule has 0 fully saturated rings. The maximum absolute atomic E-state index is 12.0. The van der Waals surface area contributed by atoms with E-state index in [2.05, 4.69) is 10.3 Å². The van der Waals surface area contributed by atoms with E-state index in [-0.39, 0.29) is 18.3 Å². The number of aromatic nitrogens is 1. The molecule has 0 aliphatic rings. The topological polar surface area (TPSA) is 68.3 Å². The van der Waals surface area contributed by atoms with Crippen molar-refractivity contribution < 1.29 is 14.3 Å². The summed E-state index contributed by atoms with van der Waals surface area (Å²) in [6.07, 6.45) is 1.68. The quantitative estimate of drug-likeness (QED) is 0.857. The second kappa shape index (κ2) is 6.65. The number of amides is 1. The van der Waals surface area contributed by atoms with E-state index < -0.39 is 0 Å². The lowest BCUT2D eigenvalue weighted by molar-refractivity contribution is -0.114. The van der Waals surface area contributed by atoms with E-state index in [1.807, 2.05) is 13.0 Å². The Kier molecular flexibility index (Phi) is 4.66. The summed E-state index contributed by atoms with van der Waals surface area (Å²) in [7, 11) is 0. The first kappa shape index (κ1) is 14.7. The fourth-order valence-corrected chi connectivity index (χ4v) is 1.71. The van der Waals surface area contributed by atoms with Crippen molar-refractivity contribution in [1.29, 1.82) is 0 Å². The molecular weight excluding hydrogens is 268 g/mol. The number of carbonyl (C=O) groups excluding carboxylic acids is 2. The number of hydrogen-bond donors (Lipinski definition) is 1. The van der Waals surface area contributed by atoms with Crippen LogP contribution in [0.25, 0.3) is 0 Å². The number of ether oxygens (including phenoxy) is 1. The van der Waals surface area contributed by atoms with Crippen molar-refractivity contribution in [3.05, 3.63) is 53.7 Å². The summed E-state index contributed by atoms with van der Waals surface area (Å²) >= 11 is 0. The van der Waals surface area contributed by atoms with E-state index in [0.29, 0.717) is 17.1 Å². The molecule has 1 aromatic carbocycles. The molecule has 21 heavy (non-hydrogen) atoms. The van der Waals surface area contributed by atoms with Crippen LogP contribution >= 0.6 is 0 Å². The van der Waals surface area contributed by atoms with Gasteiger partial charge in [-0.05, 0) is 36.8 Å². The van der Waals surface area contributed by atoms with Crippen LogP contribution in [0.2, 0.25) is 0 Å². The van der Waals surface area contributed by atoms with Gasteiger partial charge in [-0.25, -0.2) is 4.98 Å². The predicted octanol–water partition coefficient (Wildman–Crippen LogP) is 2.61. The minimum atomic E-state index is -0.150. The Morgan fingerprint density at radius 3 is 2.43 bits per heavy atom. The van der Waals surface area contributed by atoms with Gasteiger partial charge >= 0.3 is 0 Å². The molecular formula is C16H16N2O3. The number of Topliss-reactive ketones (excluding diaryl/α,β-unsaturated/α-hetero) is 1. The molecule has 2 aromatic rings. The highest BCUT2D eigenvalue weighted by atomic mass is 16.5. The van der Waals surface area contributed by atoms with Gasteiger partial charge in [0.2, 0.25) is 11.8 Å². The van der Waals surface area contributed by atoms with Crippen LogP contribution in [-0.4, -0.2) is 23.3 Å². The molecule has 108 valence electrons. The summed E-state index contributed by atoms with van der Waals surface area (Å²) in [5.41, 5.74) is 2.21. The Balaban J connectivity index is 1.93. The summed E-state index contributed by atoms with van der Waals surface area (Å²) in [4.78, 5) is 27.0. The molecule has 0 saturated carbocycles. The molecule has 5 nitrogen and oxygen atoms in total. The van der Waals surface area contributed by atoms with Crippen molar-refractivity contribution >= 4 is 17.4 Å². The van der Waals surface area contributed by atoms with Crippen molar-refractivity contribution in [1.82, 2.24) is 4.98 Å². The standard InChI is InChI=1S/C16H16N2O3/c1-11-3-8-16(17-9-11)21-10-15(20)13-4-6-14(7-5-13)18-12(2)19/h3-9H,10H2,1-2H3,(H,18,19). The van der Waals surface area contributed by atoms with Crippen LogP contribution in [0.3, 0.4) is 0 Å². The Bertz CT molecular complexity index is 634. The largest absolute Gasteiger partial charge is 0.469 e. The lowest BCUT2D eigenvalue weighted by Crippen LogP contribution is -2.12. The lowest BCUT2D eigenvalue weighted by Gasteiger charge is -2.06. The monoisotopic (exact) mass is 284 g/mol. The summed E-state index contributed by atoms with van der Waals surface area (Å²) < 4.78 is 5.34. The van der Waals surface area contributed by atoms with Crippen molar-refractivity contribution in [3.8, 4) is 5.88 Å². The van der Waals surface area contributed by atoms with Crippen LogP contribution in [-0.2, 0) is 4.79 Å². The molecule has 2 rings (SSSR count).